The van der Waals surface area contributed by atoms with E-state index in [0.29, 0.717) is 24.5 Å². The van der Waals surface area contributed by atoms with E-state index in [1.54, 1.807) is 0 Å². The van der Waals surface area contributed by atoms with Gasteiger partial charge >= 0.3 is 0 Å². The third kappa shape index (κ3) is 5.35. The number of hydrogen-bond donors (Lipinski definition) is 1. The number of carbonyl (C=O) groups excluding carboxylic acids is 2. The molecule has 0 aromatic heterocycles. The van der Waals surface area contributed by atoms with Crippen LogP contribution in [0.15, 0.2) is 54.6 Å². The average molecular weight is 399 g/mol. The summed E-state index contributed by atoms with van der Waals surface area (Å²) >= 11 is 5.88. The highest BCUT2D eigenvalue weighted by Crippen LogP contribution is 2.40. The van der Waals surface area contributed by atoms with E-state index >= 15 is 0 Å². The molecule has 0 spiro atoms. The first-order valence-electron chi connectivity index (χ1n) is 9.82. The topological polar surface area (TPSA) is 49.4 Å². The Morgan fingerprint density at radius 1 is 1.04 bits per heavy atom. The van der Waals surface area contributed by atoms with Crippen LogP contribution in [0, 0.1) is 11.8 Å². The second-order valence-electron chi connectivity index (χ2n) is 7.66. The number of benzene rings is 2. The maximum absolute atomic E-state index is 12.9. The van der Waals surface area contributed by atoms with Crippen molar-refractivity contribution in [3.05, 3.63) is 70.7 Å². The fourth-order valence-corrected chi connectivity index (χ4v) is 3.50. The zero-order valence-electron chi connectivity index (χ0n) is 16.4. The molecule has 2 unspecified atom stereocenters. The standard InChI is InChI=1S/C23H27ClN2O2/c1-16(2)26(15-18-6-4-3-5-7-18)23(28)21-14-20(21)22(27)25-13-12-17-8-10-19(24)11-9-17/h3-11,16,20-21H,12-15H2,1-2H3,(H,25,27). The van der Waals surface area contributed by atoms with Gasteiger partial charge in [0.2, 0.25) is 11.8 Å². The lowest BCUT2D eigenvalue weighted by atomic mass is 10.1. The molecule has 28 heavy (non-hydrogen) atoms. The molecule has 0 bridgehead atoms. The van der Waals surface area contributed by atoms with Gasteiger partial charge in [-0.15, -0.1) is 0 Å². The summed E-state index contributed by atoms with van der Waals surface area (Å²) in [5.41, 5.74) is 2.23. The zero-order chi connectivity index (χ0) is 20.1. The van der Waals surface area contributed by atoms with Gasteiger partial charge in [-0.1, -0.05) is 54.1 Å². The first-order valence-corrected chi connectivity index (χ1v) is 10.2. The summed E-state index contributed by atoms with van der Waals surface area (Å²) in [6, 6.07) is 17.7. The molecule has 2 amide bonds. The Hall–Kier alpha value is -2.33. The summed E-state index contributed by atoms with van der Waals surface area (Å²) in [4.78, 5) is 27.2. The van der Waals surface area contributed by atoms with Crippen molar-refractivity contribution in [3.8, 4) is 0 Å². The van der Waals surface area contributed by atoms with Crippen molar-refractivity contribution in [2.24, 2.45) is 11.8 Å². The maximum Gasteiger partial charge on any atom is 0.227 e. The van der Waals surface area contributed by atoms with Crippen LogP contribution in [-0.4, -0.2) is 29.3 Å². The van der Waals surface area contributed by atoms with Gasteiger partial charge in [-0.3, -0.25) is 9.59 Å². The third-order valence-electron chi connectivity index (χ3n) is 5.17. The van der Waals surface area contributed by atoms with Crippen LogP contribution < -0.4 is 5.32 Å². The van der Waals surface area contributed by atoms with E-state index in [-0.39, 0.29) is 29.7 Å². The lowest BCUT2D eigenvalue weighted by molar-refractivity contribution is -0.136. The smallest absolute Gasteiger partial charge is 0.227 e. The Morgan fingerprint density at radius 2 is 1.71 bits per heavy atom. The van der Waals surface area contributed by atoms with E-state index in [0.717, 1.165) is 17.5 Å². The molecule has 2 aromatic rings. The number of hydrogen-bond acceptors (Lipinski definition) is 2. The molecule has 3 rings (SSSR count). The number of amides is 2. The highest BCUT2D eigenvalue weighted by atomic mass is 35.5. The molecule has 5 heteroatoms. The van der Waals surface area contributed by atoms with Gasteiger partial charge in [0.25, 0.3) is 0 Å². The van der Waals surface area contributed by atoms with Gasteiger partial charge in [-0.05, 0) is 49.9 Å². The Labute approximate surface area is 171 Å². The number of nitrogens with one attached hydrogen (secondary N) is 1. The quantitative estimate of drug-likeness (QED) is 0.728. The minimum Gasteiger partial charge on any atom is -0.356 e. The zero-order valence-corrected chi connectivity index (χ0v) is 17.2. The van der Waals surface area contributed by atoms with E-state index < -0.39 is 0 Å². The molecule has 0 heterocycles. The molecular weight excluding hydrogens is 372 g/mol. The number of rotatable bonds is 8. The molecule has 4 nitrogen and oxygen atoms in total. The molecule has 0 saturated heterocycles. The van der Waals surface area contributed by atoms with Crippen LogP contribution in [-0.2, 0) is 22.6 Å². The van der Waals surface area contributed by atoms with E-state index in [9.17, 15) is 9.59 Å². The number of nitrogens with zero attached hydrogens (tertiary/aromatic N) is 1. The molecule has 1 aliphatic rings. The van der Waals surface area contributed by atoms with Gasteiger partial charge in [0.15, 0.2) is 0 Å². The first kappa shape index (κ1) is 20.4. The van der Waals surface area contributed by atoms with Crippen molar-refractivity contribution in [1.29, 1.82) is 0 Å². The lowest BCUT2D eigenvalue weighted by Crippen LogP contribution is -2.38. The molecule has 1 saturated carbocycles. The molecular formula is C23H27ClN2O2. The molecule has 1 N–H and O–H groups in total. The summed E-state index contributed by atoms with van der Waals surface area (Å²) in [5.74, 6) is -0.330. The van der Waals surface area contributed by atoms with Crippen LogP contribution in [0.4, 0.5) is 0 Å². The van der Waals surface area contributed by atoms with Crippen molar-refractivity contribution >= 4 is 23.4 Å². The van der Waals surface area contributed by atoms with Gasteiger partial charge < -0.3 is 10.2 Å². The molecule has 0 aliphatic heterocycles. The van der Waals surface area contributed by atoms with Crippen molar-refractivity contribution < 1.29 is 9.59 Å². The fraction of sp³-hybridized carbons (Fsp3) is 0.391. The molecule has 148 valence electrons. The van der Waals surface area contributed by atoms with Gasteiger partial charge in [-0.2, -0.15) is 0 Å². The SMILES string of the molecule is CC(C)N(Cc1ccccc1)C(=O)C1CC1C(=O)NCCc1ccc(Cl)cc1. The van der Waals surface area contributed by atoms with Crippen molar-refractivity contribution in [1.82, 2.24) is 10.2 Å². The second kappa shape index (κ2) is 9.24. The van der Waals surface area contributed by atoms with Gasteiger partial charge in [-0.25, -0.2) is 0 Å². The van der Waals surface area contributed by atoms with Crippen molar-refractivity contribution in [3.63, 3.8) is 0 Å². The predicted molar refractivity (Wildman–Crippen MR) is 112 cm³/mol. The molecule has 2 aromatic carbocycles. The summed E-state index contributed by atoms with van der Waals surface area (Å²) in [6.45, 7) is 5.18. The molecule has 1 fully saturated rings. The Bertz CT molecular complexity index is 805. The van der Waals surface area contributed by atoms with E-state index in [2.05, 4.69) is 5.32 Å². The Morgan fingerprint density at radius 3 is 2.36 bits per heavy atom. The average Bonchev–Trinajstić information content (AvgIpc) is 3.49. The van der Waals surface area contributed by atoms with Crippen LogP contribution in [0.3, 0.4) is 0 Å². The Kier molecular flexibility index (Phi) is 6.74. The first-order chi connectivity index (χ1) is 13.5. The summed E-state index contributed by atoms with van der Waals surface area (Å²) in [6.07, 6.45) is 1.39. The minimum absolute atomic E-state index is 0.0178. The highest BCUT2D eigenvalue weighted by molar-refractivity contribution is 6.30. The summed E-state index contributed by atoms with van der Waals surface area (Å²) in [7, 11) is 0. The fourth-order valence-electron chi connectivity index (χ4n) is 3.38. The van der Waals surface area contributed by atoms with Gasteiger partial charge in [0, 0.05) is 24.2 Å². The maximum atomic E-state index is 12.9. The monoisotopic (exact) mass is 398 g/mol. The number of carbonyl (C=O) groups is 2. The Balaban J connectivity index is 1.48. The van der Waals surface area contributed by atoms with Crippen molar-refractivity contribution in [2.75, 3.05) is 6.54 Å². The summed E-state index contributed by atoms with van der Waals surface area (Å²) in [5, 5.41) is 3.67. The van der Waals surface area contributed by atoms with Gasteiger partial charge in [0.1, 0.15) is 0 Å². The van der Waals surface area contributed by atoms with E-state index in [1.807, 2.05) is 73.3 Å². The second-order valence-corrected chi connectivity index (χ2v) is 8.10. The predicted octanol–water partition coefficient (Wildman–Crippen LogP) is 4.07. The molecule has 2 atom stereocenters. The largest absolute Gasteiger partial charge is 0.356 e. The van der Waals surface area contributed by atoms with Crippen LogP contribution in [0.25, 0.3) is 0 Å². The third-order valence-corrected chi connectivity index (χ3v) is 5.42. The minimum atomic E-state index is -0.199. The van der Waals surface area contributed by atoms with Gasteiger partial charge in [0.05, 0.1) is 11.8 Å². The number of halogens is 1. The summed E-state index contributed by atoms with van der Waals surface area (Å²) < 4.78 is 0. The van der Waals surface area contributed by atoms with Crippen LogP contribution in [0.5, 0.6) is 0 Å². The van der Waals surface area contributed by atoms with E-state index in [4.69, 9.17) is 11.6 Å². The van der Waals surface area contributed by atoms with Crippen molar-refractivity contribution in [2.45, 2.75) is 39.3 Å². The normalized spacial score (nSPS) is 18.0. The van der Waals surface area contributed by atoms with Crippen LogP contribution in [0.1, 0.15) is 31.4 Å². The van der Waals surface area contributed by atoms with E-state index in [1.165, 1.54) is 0 Å². The molecule has 0 radical (unpaired) electrons. The van der Waals surface area contributed by atoms with Crippen LogP contribution >= 0.6 is 11.6 Å². The lowest BCUT2D eigenvalue weighted by Gasteiger charge is -2.27. The molecule has 1 aliphatic carbocycles. The highest BCUT2D eigenvalue weighted by Gasteiger charge is 2.49. The van der Waals surface area contributed by atoms with Crippen LogP contribution in [0.2, 0.25) is 5.02 Å².